The van der Waals surface area contributed by atoms with Crippen molar-refractivity contribution < 1.29 is 35.8 Å². The van der Waals surface area contributed by atoms with Gasteiger partial charge in [-0.1, -0.05) is 26.0 Å². The van der Waals surface area contributed by atoms with E-state index in [-0.39, 0.29) is 76.4 Å². The van der Waals surface area contributed by atoms with Crippen LogP contribution in [0.15, 0.2) is 30.5 Å². The Bertz CT molecular complexity index is 2460. The number of fused-ring (bicyclic) bond motifs is 2. The first-order valence-corrected chi connectivity index (χ1v) is 20.5. The highest BCUT2D eigenvalue weighted by Crippen LogP contribution is 2.54. The van der Waals surface area contributed by atoms with Crippen LogP contribution in [0.2, 0.25) is 0 Å². The Hall–Kier alpha value is -5.12. The van der Waals surface area contributed by atoms with Crippen LogP contribution >= 0.6 is 11.3 Å². The van der Waals surface area contributed by atoms with Crippen LogP contribution in [0.25, 0.3) is 32.1 Å². The van der Waals surface area contributed by atoms with Gasteiger partial charge >= 0.3 is 12.2 Å². The van der Waals surface area contributed by atoms with Crippen LogP contribution in [0.5, 0.6) is 11.8 Å². The second kappa shape index (κ2) is 15.8. The minimum atomic E-state index is -5.25. The average Bonchev–Trinajstić information content (AvgIpc) is 3.81. The summed E-state index contributed by atoms with van der Waals surface area (Å²) in [6, 6.07) is 6.31. The van der Waals surface area contributed by atoms with E-state index in [0.717, 1.165) is 31.6 Å². The number of anilines is 3. The van der Waals surface area contributed by atoms with E-state index < -0.39 is 63.5 Å². The predicted octanol–water partition coefficient (Wildman–Crippen LogP) is 8.26. The van der Waals surface area contributed by atoms with Gasteiger partial charge in [-0.2, -0.15) is 28.4 Å². The SMILES string of the molecule is CCN(CC)CCC[C@H](c1cccnc1N)N1CCOc2c(C(F)(F)F)c(-c3ccc(F)c4sc(N)c(C#N)c34)c(F)c3nc(OC[C@@]45CCCN4C[C@H](F)C5)nc1c23. The van der Waals surface area contributed by atoms with Gasteiger partial charge in [-0.15, -0.1) is 11.3 Å². The fourth-order valence-corrected chi connectivity index (χ4v) is 10.2. The fourth-order valence-electron chi connectivity index (χ4n) is 9.25. The predicted molar refractivity (Wildman–Crippen MR) is 214 cm³/mol. The number of pyridine rings is 1. The number of alkyl halides is 4. The standard InChI is InChI=1S/C41H43F6N9O2S/c1-3-54(4-2)14-6-9-27(23-8-5-13-51-36(23)49)56-16-17-57-34-30-33(52-39(53-38(30)56)58-21-40-12-7-15-55(40)20-22(42)18-40)32(44)29(31(34)41(45,46)47)24-10-11-26(43)35-28(24)25(19-48)37(50)59-35/h5,8,10-11,13,22,27H,3-4,6-7,9,12,14-18,20-21,50H2,1-2H3,(H2,49,51)/t22-,27-,40+/m1/s1. The first-order valence-electron chi connectivity index (χ1n) is 19.7. The number of nitrogen functional groups attached to an aromatic ring is 2. The molecule has 5 aromatic rings. The molecule has 0 aliphatic carbocycles. The van der Waals surface area contributed by atoms with Crippen LogP contribution in [0.4, 0.5) is 43.0 Å². The summed E-state index contributed by atoms with van der Waals surface area (Å²) in [5, 5.41) is 9.27. The van der Waals surface area contributed by atoms with Gasteiger partial charge in [0, 0.05) is 35.7 Å². The van der Waals surface area contributed by atoms with Crippen molar-refractivity contribution in [2.45, 2.75) is 69.9 Å². The van der Waals surface area contributed by atoms with Crippen molar-refractivity contribution in [2.24, 2.45) is 0 Å². The van der Waals surface area contributed by atoms with E-state index in [1.165, 1.54) is 6.20 Å². The highest BCUT2D eigenvalue weighted by molar-refractivity contribution is 7.23. The summed E-state index contributed by atoms with van der Waals surface area (Å²) in [4.78, 5) is 19.6. The Labute approximate surface area is 340 Å². The number of halogens is 6. The van der Waals surface area contributed by atoms with Gasteiger partial charge in [-0.25, -0.2) is 18.2 Å². The molecule has 3 aliphatic heterocycles. The van der Waals surface area contributed by atoms with E-state index in [1.54, 1.807) is 17.0 Å². The first kappa shape index (κ1) is 40.7. The van der Waals surface area contributed by atoms with Crippen LogP contribution in [0.3, 0.4) is 0 Å². The van der Waals surface area contributed by atoms with Crippen LogP contribution in [-0.4, -0.2) is 88.9 Å². The molecule has 0 spiro atoms. The number of benzene rings is 2. The molecule has 3 atom stereocenters. The van der Waals surface area contributed by atoms with Gasteiger partial charge in [0.25, 0.3) is 0 Å². The summed E-state index contributed by atoms with van der Waals surface area (Å²) < 4.78 is 107. The smallest absolute Gasteiger partial charge is 0.420 e. The molecule has 59 heavy (non-hydrogen) atoms. The van der Waals surface area contributed by atoms with Gasteiger partial charge in [0.2, 0.25) is 0 Å². The molecular formula is C41H43F6N9O2S. The molecule has 3 aromatic heterocycles. The molecule has 8 rings (SSSR count). The summed E-state index contributed by atoms with van der Waals surface area (Å²) in [6.07, 6.45) is -2.00. The number of hydrogen-bond acceptors (Lipinski definition) is 12. The first-order chi connectivity index (χ1) is 28.3. The second-order valence-electron chi connectivity index (χ2n) is 15.3. The van der Waals surface area contributed by atoms with Crippen molar-refractivity contribution >= 4 is 49.0 Å². The van der Waals surface area contributed by atoms with E-state index >= 15 is 22.0 Å². The molecule has 6 heterocycles. The Morgan fingerprint density at radius 3 is 2.66 bits per heavy atom. The molecule has 3 aliphatic rings. The Balaban J connectivity index is 1.39. The molecule has 2 aromatic carbocycles. The Morgan fingerprint density at radius 2 is 1.93 bits per heavy atom. The number of rotatable bonds is 12. The maximum Gasteiger partial charge on any atom is 0.420 e. The molecule has 2 saturated heterocycles. The quantitative estimate of drug-likeness (QED) is 0.117. The second-order valence-corrected chi connectivity index (χ2v) is 16.3. The van der Waals surface area contributed by atoms with E-state index in [2.05, 4.69) is 28.7 Å². The summed E-state index contributed by atoms with van der Waals surface area (Å²) in [7, 11) is 0. The van der Waals surface area contributed by atoms with Crippen molar-refractivity contribution in [3.63, 3.8) is 0 Å². The third-order valence-electron chi connectivity index (χ3n) is 12.0. The van der Waals surface area contributed by atoms with E-state index in [4.69, 9.17) is 25.9 Å². The van der Waals surface area contributed by atoms with Crippen molar-refractivity contribution in [2.75, 3.05) is 68.8 Å². The Morgan fingerprint density at radius 1 is 1.14 bits per heavy atom. The molecule has 0 saturated carbocycles. The normalized spacial score (nSPS) is 19.9. The topological polar surface area (TPSA) is 143 Å². The highest BCUT2D eigenvalue weighted by atomic mass is 32.1. The van der Waals surface area contributed by atoms with Crippen molar-refractivity contribution in [1.82, 2.24) is 24.8 Å². The Kier molecular flexibility index (Phi) is 10.9. The molecule has 4 N–H and O–H groups in total. The van der Waals surface area contributed by atoms with Crippen molar-refractivity contribution in [1.29, 1.82) is 5.26 Å². The van der Waals surface area contributed by atoms with Gasteiger partial charge in [-0.05, 0) is 69.6 Å². The van der Waals surface area contributed by atoms with Gasteiger partial charge in [0.1, 0.15) is 64.7 Å². The molecule has 312 valence electrons. The average molecular weight is 840 g/mol. The number of nitriles is 1. The van der Waals surface area contributed by atoms with E-state index in [1.807, 2.05) is 11.0 Å². The fraction of sp³-hybridized carbons (Fsp3) is 0.463. The molecular weight excluding hydrogens is 797 g/mol. The minimum Gasteiger partial charge on any atom is -0.490 e. The molecule has 0 bridgehead atoms. The highest BCUT2D eigenvalue weighted by Gasteiger charge is 2.50. The molecule has 18 heteroatoms. The largest absolute Gasteiger partial charge is 0.490 e. The lowest BCUT2D eigenvalue weighted by Gasteiger charge is -2.34. The van der Waals surface area contributed by atoms with Crippen molar-refractivity contribution in [3.05, 3.63) is 58.8 Å². The third kappa shape index (κ3) is 7.10. The number of aromatic nitrogens is 3. The maximum absolute atomic E-state index is 17.7. The van der Waals surface area contributed by atoms with Crippen LogP contribution < -0.4 is 25.8 Å². The van der Waals surface area contributed by atoms with Crippen LogP contribution in [0, 0.1) is 23.0 Å². The lowest BCUT2D eigenvalue weighted by Crippen LogP contribution is -2.43. The summed E-state index contributed by atoms with van der Waals surface area (Å²) in [6.45, 7) is 7.00. The number of nitrogens with zero attached hydrogens (tertiary/aromatic N) is 7. The molecule has 11 nitrogen and oxygen atoms in total. The zero-order chi connectivity index (χ0) is 41.8. The number of ether oxygens (including phenoxy) is 2. The lowest BCUT2D eigenvalue weighted by atomic mass is 9.91. The molecule has 2 fully saturated rings. The lowest BCUT2D eigenvalue weighted by molar-refractivity contribution is -0.138. The van der Waals surface area contributed by atoms with Crippen molar-refractivity contribution in [3.8, 4) is 29.0 Å². The van der Waals surface area contributed by atoms with Gasteiger partial charge in [-0.3, -0.25) is 4.90 Å². The number of thiophene rings is 1. The third-order valence-corrected chi connectivity index (χ3v) is 13.0. The number of hydrogen-bond donors (Lipinski definition) is 2. The van der Waals surface area contributed by atoms with Gasteiger partial charge < -0.3 is 30.7 Å². The van der Waals surface area contributed by atoms with Crippen LogP contribution in [0.1, 0.15) is 68.7 Å². The maximum atomic E-state index is 17.7. The monoisotopic (exact) mass is 839 g/mol. The summed E-state index contributed by atoms with van der Waals surface area (Å²) >= 11 is 0.674. The van der Waals surface area contributed by atoms with Crippen LogP contribution in [-0.2, 0) is 6.18 Å². The zero-order valence-corrected chi connectivity index (χ0v) is 33.3. The molecule has 0 radical (unpaired) electrons. The van der Waals surface area contributed by atoms with E-state index in [9.17, 15) is 9.65 Å². The van der Waals surface area contributed by atoms with Gasteiger partial charge in [0.15, 0.2) is 5.82 Å². The summed E-state index contributed by atoms with van der Waals surface area (Å²) in [5.74, 6) is -2.87. The molecule has 0 unspecified atom stereocenters. The van der Waals surface area contributed by atoms with E-state index in [0.29, 0.717) is 49.3 Å². The van der Waals surface area contributed by atoms with Gasteiger partial charge in [0.05, 0.1) is 33.8 Å². The number of nitrogens with two attached hydrogens (primary N) is 2. The summed E-state index contributed by atoms with van der Waals surface area (Å²) in [5.41, 5.74) is 8.74. The minimum absolute atomic E-state index is 0.0135. The zero-order valence-electron chi connectivity index (χ0n) is 32.5. The molecule has 0 amide bonds.